The Morgan fingerprint density at radius 3 is 2.20 bits per heavy atom. The summed E-state index contributed by atoms with van der Waals surface area (Å²) in [6.07, 6.45) is 7.07. The number of rotatable bonds is 11. The summed E-state index contributed by atoms with van der Waals surface area (Å²) in [6, 6.07) is 5.03. The lowest BCUT2D eigenvalue weighted by molar-refractivity contribution is 0.290. The standard InChI is InChI=1S/C30H34O10S/c1-17(2)6-5-7-18(3)8-12-23-29(35)27-26(40-30(23)22-13-10-20(31)14-24(22)32)15-25(33)21(28(27)34)11-9-19(4)16-39-41(36,37)38/h6,8-10,13-15,31-34H,5,7,11-12,16H2,1-4H3,(H,36,37,38)/b18-8-,19-9+. The highest BCUT2D eigenvalue weighted by atomic mass is 32.3. The van der Waals surface area contributed by atoms with Crippen molar-refractivity contribution in [3.05, 3.63) is 80.6 Å². The third kappa shape index (κ3) is 8.23. The van der Waals surface area contributed by atoms with Gasteiger partial charge in [0.25, 0.3) is 0 Å². The monoisotopic (exact) mass is 586 g/mol. The van der Waals surface area contributed by atoms with Crippen LogP contribution >= 0.6 is 0 Å². The van der Waals surface area contributed by atoms with Gasteiger partial charge in [-0.25, -0.2) is 4.18 Å². The topological polar surface area (TPSA) is 175 Å². The number of phenols is 4. The molecular formula is C30H34O10S. The minimum atomic E-state index is -4.64. The van der Waals surface area contributed by atoms with Crippen LogP contribution in [0.25, 0.3) is 22.3 Å². The Bertz CT molecular complexity index is 1710. The maximum absolute atomic E-state index is 13.9. The molecule has 5 N–H and O–H groups in total. The van der Waals surface area contributed by atoms with Crippen LogP contribution in [-0.2, 0) is 27.4 Å². The van der Waals surface area contributed by atoms with E-state index in [1.807, 2.05) is 26.8 Å². The zero-order valence-electron chi connectivity index (χ0n) is 23.3. The predicted molar refractivity (Wildman–Crippen MR) is 156 cm³/mol. The fourth-order valence-corrected chi connectivity index (χ4v) is 4.52. The predicted octanol–water partition coefficient (Wildman–Crippen LogP) is 5.83. The van der Waals surface area contributed by atoms with Crippen LogP contribution in [0.5, 0.6) is 23.0 Å². The van der Waals surface area contributed by atoms with Gasteiger partial charge >= 0.3 is 10.4 Å². The molecule has 0 spiro atoms. The van der Waals surface area contributed by atoms with Crippen LogP contribution in [0.4, 0.5) is 0 Å². The lowest BCUT2D eigenvalue weighted by Gasteiger charge is -2.14. The van der Waals surface area contributed by atoms with E-state index in [0.717, 1.165) is 24.5 Å². The zero-order valence-corrected chi connectivity index (χ0v) is 24.1. The summed E-state index contributed by atoms with van der Waals surface area (Å²) in [5.41, 5.74) is 2.19. The first-order valence-corrected chi connectivity index (χ1v) is 14.2. The molecule has 0 atom stereocenters. The van der Waals surface area contributed by atoms with Crippen LogP contribution in [0.1, 0.15) is 51.7 Å². The van der Waals surface area contributed by atoms with E-state index in [1.54, 1.807) is 0 Å². The third-order valence-electron chi connectivity index (χ3n) is 6.40. The second kappa shape index (κ2) is 13.1. The molecule has 10 nitrogen and oxygen atoms in total. The summed E-state index contributed by atoms with van der Waals surface area (Å²) in [6.45, 7) is 7.04. The molecule has 0 aliphatic carbocycles. The molecule has 41 heavy (non-hydrogen) atoms. The summed E-state index contributed by atoms with van der Waals surface area (Å²) >= 11 is 0. The Kier molecular flexibility index (Phi) is 10.0. The van der Waals surface area contributed by atoms with Gasteiger partial charge in [-0.05, 0) is 71.1 Å². The van der Waals surface area contributed by atoms with Gasteiger partial charge in [0.15, 0.2) is 0 Å². The number of benzene rings is 2. The normalized spacial score (nSPS) is 12.6. The largest absolute Gasteiger partial charge is 0.508 e. The average Bonchev–Trinajstić information content (AvgIpc) is 2.85. The molecule has 2 aromatic carbocycles. The van der Waals surface area contributed by atoms with Crippen LogP contribution in [0, 0.1) is 0 Å². The summed E-state index contributed by atoms with van der Waals surface area (Å²) < 4.78 is 40.7. The van der Waals surface area contributed by atoms with Crippen LogP contribution < -0.4 is 5.43 Å². The van der Waals surface area contributed by atoms with Gasteiger partial charge in [-0.2, -0.15) is 8.42 Å². The highest BCUT2D eigenvalue weighted by molar-refractivity contribution is 7.80. The Balaban J connectivity index is 2.15. The first-order chi connectivity index (χ1) is 19.2. The minimum Gasteiger partial charge on any atom is -0.508 e. The molecule has 0 bridgehead atoms. The average molecular weight is 587 g/mol. The fraction of sp³-hybridized carbons (Fsp3) is 0.300. The molecule has 3 rings (SSSR count). The third-order valence-corrected chi connectivity index (χ3v) is 6.81. The number of allylic oxidation sites excluding steroid dienone is 5. The molecule has 1 heterocycles. The minimum absolute atomic E-state index is 0.00404. The second-order valence-electron chi connectivity index (χ2n) is 10.1. The second-order valence-corrected chi connectivity index (χ2v) is 11.1. The van der Waals surface area contributed by atoms with Crippen molar-refractivity contribution in [2.24, 2.45) is 0 Å². The number of hydrogen-bond donors (Lipinski definition) is 5. The highest BCUT2D eigenvalue weighted by Crippen LogP contribution is 2.40. The molecule has 220 valence electrons. The van der Waals surface area contributed by atoms with Crippen molar-refractivity contribution in [2.75, 3.05) is 6.61 Å². The van der Waals surface area contributed by atoms with Crippen LogP contribution in [0.15, 0.2) is 68.4 Å². The summed E-state index contributed by atoms with van der Waals surface area (Å²) in [7, 11) is -4.64. The summed E-state index contributed by atoms with van der Waals surface area (Å²) in [4.78, 5) is 13.9. The molecule has 0 saturated carbocycles. The molecule has 0 aliphatic rings. The Morgan fingerprint density at radius 1 is 0.902 bits per heavy atom. The van der Waals surface area contributed by atoms with Crippen molar-refractivity contribution in [1.82, 2.24) is 0 Å². The van der Waals surface area contributed by atoms with Crippen LogP contribution in [0.3, 0.4) is 0 Å². The maximum atomic E-state index is 13.9. The molecule has 1 aromatic heterocycles. The van der Waals surface area contributed by atoms with E-state index in [9.17, 15) is 33.6 Å². The fourth-order valence-electron chi connectivity index (χ4n) is 4.18. The molecule has 0 fully saturated rings. The molecule has 3 aromatic rings. The zero-order chi connectivity index (χ0) is 30.5. The summed E-state index contributed by atoms with van der Waals surface area (Å²) in [5.74, 6) is -1.38. The van der Waals surface area contributed by atoms with E-state index < -0.39 is 28.2 Å². The van der Waals surface area contributed by atoms with Crippen LogP contribution in [-0.4, -0.2) is 40.0 Å². The van der Waals surface area contributed by atoms with Crippen molar-refractivity contribution in [2.45, 2.75) is 53.4 Å². The van der Waals surface area contributed by atoms with E-state index in [1.165, 1.54) is 36.8 Å². The summed E-state index contributed by atoms with van der Waals surface area (Å²) in [5, 5.41) is 41.9. The number of fused-ring (bicyclic) bond motifs is 1. The van der Waals surface area contributed by atoms with Gasteiger partial charge in [-0.15, -0.1) is 0 Å². The molecule has 11 heteroatoms. The first-order valence-electron chi connectivity index (χ1n) is 12.8. The van der Waals surface area contributed by atoms with Gasteiger partial charge in [0.1, 0.15) is 39.7 Å². The lowest BCUT2D eigenvalue weighted by Crippen LogP contribution is -2.12. The van der Waals surface area contributed by atoms with Gasteiger partial charge in [0, 0.05) is 23.3 Å². The lowest BCUT2D eigenvalue weighted by atomic mass is 9.97. The van der Waals surface area contributed by atoms with E-state index in [4.69, 9.17) is 8.97 Å². The van der Waals surface area contributed by atoms with Gasteiger partial charge in [-0.1, -0.05) is 29.4 Å². The van der Waals surface area contributed by atoms with Crippen LogP contribution in [0.2, 0.25) is 0 Å². The van der Waals surface area contributed by atoms with E-state index in [0.29, 0.717) is 5.57 Å². The SMILES string of the molecule is CC(C)=CCC/C(C)=C\Cc1c(-c2ccc(O)cc2O)oc2cc(O)c(C/C=C(\C)COS(=O)(=O)O)c(O)c2c1=O. The quantitative estimate of drug-likeness (QED) is 0.136. The highest BCUT2D eigenvalue weighted by Gasteiger charge is 2.23. The van der Waals surface area contributed by atoms with Crippen molar-refractivity contribution in [3.8, 4) is 34.3 Å². The number of phenolic OH excluding ortho intramolecular Hbond substituents is 4. The van der Waals surface area contributed by atoms with Crippen molar-refractivity contribution >= 4 is 21.4 Å². The maximum Gasteiger partial charge on any atom is 0.397 e. The Labute approximate surface area is 238 Å². The van der Waals surface area contributed by atoms with Gasteiger partial charge in [0.2, 0.25) is 5.43 Å². The van der Waals surface area contributed by atoms with Gasteiger partial charge in [-0.3, -0.25) is 9.35 Å². The van der Waals surface area contributed by atoms with Gasteiger partial charge in [0.05, 0.1) is 12.2 Å². The van der Waals surface area contributed by atoms with Crippen molar-refractivity contribution in [3.63, 3.8) is 0 Å². The molecule has 0 saturated heterocycles. The molecular weight excluding hydrogens is 552 g/mol. The van der Waals surface area contributed by atoms with Crippen molar-refractivity contribution < 1.29 is 42.0 Å². The first kappa shape index (κ1) is 31.5. The molecule has 0 unspecified atom stereocenters. The molecule has 0 radical (unpaired) electrons. The number of hydrogen-bond acceptors (Lipinski definition) is 9. The molecule has 0 amide bonds. The molecule has 0 aliphatic heterocycles. The van der Waals surface area contributed by atoms with Gasteiger partial charge < -0.3 is 24.8 Å². The van der Waals surface area contributed by atoms with Crippen molar-refractivity contribution in [1.29, 1.82) is 0 Å². The van der Waals surface area contributed by atoms with E-state index >= 15 is 0 Å². The Hall–Kier alpha value is -4.06. The van der Waals surface area contributed by atoms with E-state index in [-0.39, 0.29) is 63.5 Å². The smallest absolute Gasteiger partial charge is 0.397 e. The Morgan fingerprint density at radius 2 is 1.56 bits per heavy atom. The number of aromatic hydroxyl groups is 4. The van der Waals surface area contributed by atoms with E-state index in [2.05, 4.69) is 10.3 Å².